The number of hydrogen-bond donors (Lipinski definition) is 3. The summed E-state index contributed by atoms with van der Waals surface area (Å²) in [5, 5.41) is 29.3. The molecule has 1 saturated heterocycles. The fraction of sp³-hybridized carbons (Fsp3) is 0.333. The number of hydrogen-bond acceptors (Lipinski definition) is 7. The highest BCUT2D eigenvalue weighted by Gasteiger charge is 2.38. The van der Waals surface area contributed by atoms with E-state index in [4.69, 9.17) is 4.74 Å². The molecule has 3 rings (SSSR count). The lowest BCUT2D eigenvalue weighted by atomic mass is 10.1. The van der Waals surface area contributed by atoms with Crippen molar-refractivity contribution < 1.29 is 24.4 Å². The SMILES string of the molecule is O[C@@H]1[C@@H](O)[C@@H](Oc2cccnc2-c2ccc(F)nc2)SC[C@H]1O. The summed E-state index contributed by atoms with van der Waals surface area (Å²) < 4.78 is 18.7. The lowest BCUT2D eigenvalue weighted by molar-refractivity contribution is -0.0785. The highest BCUT2D eigenvalue weighted by atomic mass is 32.2. The fourth-order valence-electron chi connectivity index (χ4n) is 2.23. The normalized spacial score (nSPS) is 27.7. The molecule has 0 amide bonds. The van der Waals surface area contributed by atoms with E-state index in [0.717, 1.165) is 0 Å². The molecule has 3 N–H and O–H groups in total. The summed E-state index contributed by atoms with van der Waals surface area (Å²) in [5.74, 6) is 0.0277. The molecule has 3 heterocycles. The van der Waals surface area contributed by atoms with Gasteiger partial charge in [0.05, 0.1) is 6.10 Å². The molecule has 0 bridgehead atoms. The van der Waals surface area contributed by atoms with Crippen LogP contribution in [0.25, 0.3) is 11.3 Å². The summed E-state index contributed by atoms with van der Waals surface area (Å²) in [4.78, 5) is 7.80. The molecule has 0 saturated carbocycles. The number of halogens is 1. The molecule has 0 aromatic carbocycles. The van der Waals surface area contributed by atoms with Crippen LogP contribution in [-0.2, 0) is 0 Å². The molecule has 1 fully saturated rings. The predicted molar refractivity (Wildman–Crippen MR) is 82.3 cm³/mol. The van der Waals surface area contributed by atoms with Gasteiger partial charge in [0.15, 0.2) is 5.44 Å². The standard InChI is InChI=1S/C15H15FN2O4S/c16-11-4-3-8(6-18-11)12-10(2-1-5-17-12)22-15-14(21)13(20)9(19)7-23-15/h1-6,9,13-15,19-21H,7H2/t9-,13+,14-,15+/m1/s1. The third-order valence-corrected chi connectivity index (χ3v) is 4.71. The molecule has 8 heteroatoms. The van der Waals surface area contributed by atoms with Gasteiger partial charge >= 0.3 is 0 Å². The van der Waals surface area contributed by atoms with Crippen molar-refractivity contribution in [3.05, 3.63) is 42.6 Å². The molecule has 4 atom stereocenters. The maximum Gasteiger partial charge on any atom is 0.212 e. The summed E-state index contributed by atoms with van der Waals surface area (Å²) in [6.45, 7) is 0. The van der Waals surface area contributed by atoms with E-state index < -0.39 is 29.7 Å². The number of ether oxygens (including phenoxy) is 1. The van der Waals surface area contributed by atoms with E-state index in [2.05, 4.69) is 9.97 Å². The Morgan fingerprint density at radius 1 is 1.13 bits per heavy atom. The van der Waals surface area contributed by atoms with E-state index in [0.29, 0.717) is 17.0 Å². The minimum atomic E-state index is -1.27. The van der Waals surface area contributed by atoms with Crippen LogP contribution in [0.4, 0.5) is 4.39 Å². The van der Waals surface area contributed by atoms with Crippen molar-refractivity contribution in [1.82, 2.24) is 9.97 Å². The van der Waals surface area contributed by atoms with Crippen LogP contribution in [0, 0.1) is 5.95 Å². The van der Waals surface area contributed by atoms with Gasteiger partial charge in [-0.2, -0.15) is 4.39 Å². The monoisotopic (exact) mass is 338 g/mol. The lowest BCUT2D eigenvalue weighted by Gasteiger charge is -2.34. The number of pyridine rings is 2. The van der Waals surface area contributed by atoms with Gasteiger partial charge in [0.2, 0.25) is 5.95 Å². The second-order valence-electron chi connectivity index (χ2n) is 5.09. The Labute approximate surface area is 136 Å². The van der Waals surface area contributed by atoms with Crippen LogP contribution < -0.4 is 4.74 Å². The van der Waals surface area contributed by atoms with Crippen LogP contribution in [0.1, 0.15) is 0 Å². The minimum Gasteiger partial charge on any atom is -0.475 e. The number of aliphatic hydroxyl groups excluding tert-OH is 3. The molecular weight excluding hydrogens is 323 g/mol. The van der Waals surface area contributed by atoms with Gasteiger partial charge < -0.3 is 20.1 Å². The molecule has 2 aromatic rings. The maximum absolute atomic E-state index is 13.0. The van der Waals surface area contributed by atoms with E-state index in [9.17, 15) is 19.7 Å². The molecular formula is C15H15FN2O4S. The Morgan fingerprint density at radius 2 is 1.96 bits per heavy atom. The van der Waals surface area contributed by atoms with Crippen LogP contribution in [0.2, 0.25) is 0 Å². The molecule has 1 aliphatic heterocycles. The van der Waals surface area contributed by atoms with Crippen LogP contribution in [0.15, 0.2) is 36.7 Å². The first-order chi connectivity index (χ1) is 11.1. The molecule has 6 nitrogen and oxygen atoms in total. The van der Waals surface area contributed by atoms with Gasteiger partial charge in [0.25, 0.3) is 0 Å². The van der Waals surface area contributed by atoms with Gasteiger partial charge in [-0.3, -0.25) is 4.98 Å². The zero-order chi connectivity index (χ0) is 16.4. The first-order valence-corrected chi connectivity index (χ1v) is 8.00. The zero-order valence-corrected chi connectivity index (χ0v) is 12.7. The first-order valence-electron chi connectivity index (χ1n) is 6.95. The van der Waals surface area contributed by atoms with Crippen molar-refractivity contribution in [3.63, 3.8) is 0 Å². The van der Waals surface area contributed by atoms with Crippen molar-refractivity contribution in [2.45, 2.75) is 23.7 Å². The maximum atomic E-state index is 13.0. The summed E-state index contributed by atoms with van der Waals surface area (Å²) in [6.07, 6.45) is -0.594. The third kappa shape index (κ3) is 3.45. The highest BCUT2D eigenvalue weighted by molar-refractivity contribution is 7.99. The number of aliphatic hydroxyl groups is 3. The molecule has 0 aliphatic carbocycles. The Morgan fingerprint density at radius 3 is 2.70 bits per heavy atom. The molecule has 23 heavy (non-hydrogen) atoms. The van der Waals surface area contributed by atoms with Crippen LogP contribution in [0.5, 0.6) is 5.75 Å². The molecule has 1 aliphatic rings. The Bertz CT molecular complexity index is 673. The second-order valence-corrected chi connectivity index (χ2v) is 6.22. The third-order valence-electron chi connectivity index (χ3n) is 3.47. The Kier molecular flexibility index (Phi) is 4.76. The predicted octanol–water partition coefficient (Wildman–Crippen LogP) is 0.817. The Hall–Kier alpha value is -1.74. The summed E-state index contributed by atoms with van der Waals surface area (Å²) >= 11 is 1.20. The average molecular weight is 338 g/mol. The summed E-state index contributed by atoms with van der Waals surface area (Å²) in [6, 6.07) is 6.08. The van der Waals surface area contributed by atoms with E-state index in [1.54, 1.807) is 18.3 Å². The molecule has 0 unspecified atom stereocenters. The highest BCUT2D eigenvalue weighted by Crippen LogP contribution is 2.33. The molecule has 2 aromatic heterocycles. The fourth-order valence-corrected chi connectivity index (χ4v) is 3.34. The average Bonchev–Trinajstić information content (AvgIpc) is 2.57. The van der Waals surface area contributed by atoms with Gasteiger partial charge in [-0.25, -0.2) is 4.98 Å². The van der Waals surface area contributed by atoms with Gasteiger partial charge in [0.1, 0.15) is 23.7 Å². The molecule has 122 valence electrons. The van der Waals surface area contributed by atoms with E-state index in [-0.39, 0.29) is 5.75 Å². The van der Waals surface area contributed by atoms with Crippen LogP contribution >= 0.6 is 11.8 Å². The number of rotatable bonds is 3. The lowest BCUT2D eigenvalue weighted by Crippen LogP contribution is -2.50. The first kappa shape index (κ1) is 16.1. The summed E-state index contributed by atoms with van der Waals surface area (Å²) in [7, 11) is 0. The van der Waals surface area contributed by atoms with Gasteiger partial charge in [-0.1, -0.05) is 0 Å². The number of nitrogens with zero attached hydrogens (tertiary/aromatic N) is 2. The molecule has 0 radical (unpaired) electrons. The van der Waals surface area contributed by atoms with Gasteiger partial charge in [-0.15, -0.1) is 11.8 Å². The van der Waals surface area contributed by atoms with Crippen molar-refractivity contribution in [1.29, 1.82) is 0 Å². The van der Waals surface area contributed by atoms with E-state index in [1.807, 2.05) is 0 Å². The van der Waals surface area contributed by atoms with Crippen LogP contribution in [0.3, 0.4) is 0 Å². The largest absolute Gasteiger partial charge is 0.475 e. The number of aromatic nitrogens is 2. The van der Waals surface area contributed by atoms with Crippen LogP contribution in [-0.4, -0.2) is 54.8 Å². The quantitative estimate of drug-likeness (QED) is 0.713. The summed E-state index contributed by atoms with van der Waals surface area (Å²) in [5.41, 5.74) is 0.274. The van der Waals surface area contributed by atoms with Crippen molar-refractivity contribution in [3.8, 4) is 17.0 Å². The van der Waals surface area contributed by atoms with Gasteiger partial charge in [0, 0.05) is 23.7 Å². The van der Waals surface area contributed by atoms with Crippen molar-refractivity contribution in [2.75, 3.05) is 5.75 Å². The second kappa shape index (κ2) is 6.79. The van der Waals surface area contributed by atoms with Gasteiger partial charge in [-0.05, 0) is 24.3 Å². The number of thioether (sulfide) groups is 1. The molecule has 0 spiro atoms. The topological polar surface area (TPSA) is 95.7 Å². The van der Waals surface area contributed by atoms with E-state index >= 15 is 0 Å². The minimum absolute atomic E-state index is 0.247. The van der Waals surface area contributed by atoms with E-state index in [1.165, 1.54) is 30.1 Å². The van der Waals surface area contributed by atoms with Crippen molar-refractivity contribution >= 4 is 11.8 Å². The Balaban J connectivity index is 1.85. The smallest absolute Gasteiger partial charge is 0.212 e. The zero-order valence-electron chi connectivity index (χ0n) is 11.9. The van der Waals surface area contributed by atoms with Crippen molar-refractivity contribution in [2.24, 2.45) is 0 Å².